The molecular formula is C16H22N2O4. The molecule has 0 atom stereocenters. The molecule has 1 aromatic rings. The molecule has 0 aliphatic carbocycles. The highest BCUT2D eigenvalue weighted by molar-refractivity contribution is 6.35. The van der Waals surface area contributed by atoms with E-state index in [-0.39, 0.29) is 0 Å². The molecule has 0 spiro atoms. The molecule has 1 heterocycles. The third kappa shape index (κ3) is 4.65. The van der Waals surface area contributed by atoms with Crippen LogP contribution in [0.25, 0.3) is 0 Å². The molecule has 22 heavy (non-hydrogen) atoms. The summed E-state index contributed by atoms with van der Waals surface area (Å²) >= 11 is 0. The number of benzene rings is 1. The quantitative estimate of drug-likeness (QED) is 0.656. The molecule has 6 nitrogen and oxygen atoms in total. The smallest absolute Gasteiger partial charge is 0.311 e. The maximum atomic E-state index is 11.9. The molecule has 0 unspecified atom stereocenters. The minimum atomic E-state index is -0.555. The number of hydrogen-bond acceptors (Lipinski definition) is 4. The van der Waals surface area contributed by atoms with Gasteiger partial charge in [-0.1, -0.05) is 0 Å². The molecule has 1 saturated heterocycles. The average Bonchev–Trinajstić information content (AvgIpc) is 2.59. The fourth-order valence-electron chi connectivity index (χ4n) is 2.32. The summed E-state index contributed by atoms with van der Waals surface area (Å²) in [5.41, 5.74) is 0. The van der Waals surface area contributed by atoms with Gasteiger partial charge < -0.3 is 19.7 Å². The maximum absolute atomic E-state index is 11.9. The van der Waals surface area contributed by atoms with Crippen molar-refractivity contribution in [1.29, 1.82) is 0 Å². The van der Waals surface area contributed by atoms with Gasteiger partial charge in [-0.2, -0.15) is 0 Å². The van der Waals surface area contributed by atoms with Crippen molar-refractivity contribution in [3.63, 3.8) is 0 Å². The number of nitrogens with zero attached hydrogens (tertiary/aromatic N) is 1. The van der Waals surface area contributed by atoms with Crippen LogP contribution in [0.4, 0.5) is 0 Å². The Morgan fingerprint density at radius 2 is 1.73 bits per heavy atom. The lowest BCUT2D eigenvalue weighted by Crippen LogP contribution is -2.45. The van der Waals surface area contributed by atoms with E-state index < -0.39 is 11.8 Å². The lowest BCUT2D eigenvalue weighted by Gasteiger charge is -2.25. The second kappa shape index (κ2) is 8.26. The molecule has 0 bridgehead atoms. The van der Waals surface area contributed by atoms with Gasteiger partial charge in [0.15, 0.2) is 0 Å². The van der Waals surface area contributed by atoms with E-state index in [2.05, 4.69) is 5.32 Å². The van der Waals surface area contributed by atoms with Crippen molar-refractivity contribution in [2.75, 3.05) is 33.4 Å². The van der Waals surface area contributed by atoms with Crippen molar-refractivity contribution >= 4 is 11.8 Å². The normalized spacial score (nSPS) is 14.3. The van der Waals surface area contributed by atoms with E-state index in [0.717, 1.165) is 25.0 Å². The van der Waals surface area contributed by atoms with Gasteiger partial charge in [0.2, 0.25) is 0 Å². The fourth-order valence-corrected chi connectivity index (χ4v) is 2.32. The molecular weight excluding hydrogens is 284 g/mol. The number of rotatable bonds is 5. The van der Waals surface area contributed by atoms with E-state index in [9.17, 15) is 9.59 Å². The predicted octanol–water partition coefficient (Wildman–Crippen LogP) is 1.20. The van der Waals surface area contributed by atoms with Crippen LogP contribution in [0, 0.1) is 0 Å². The van der Waals surface area contributed by atoms with Gasteiger partial charge in [-0.3, -0.25) is 9.59 Å². The molecule has 2 amide bonds. The molecule has 0 saturated carbocycles. The van der Waals surface area contributed by atoms with Gasteiger partial charge in [0, 0.05) is 13.1 Å². The Bertz CT molecular complexity index is 495. The number of nitrogens with one attached hydrogen (secondary N) is 1. The second-order valence-corrected chi connectivity index (χ2v) is 5.13. The Balaban J connectivity index is 1.66. The van der Waals surface area contributed by atoms with Gasteiger partial charge in [0.1, 0.15) is 18.1 Å². The molecule has 1 aliphatic rings. The molecule has 6 heteroatoms. The molecule has 1 aliphatic heterocycles. The number of methoxy groups -OCH3 is 1. The highest BCUT2D eigenvalue weighted by Crippen LogP contribution is 2.16. The van der Waals surface area contributed by atoms with Gasteiger partial charge >= 0.3 is 11.8 Å². The Kier molecular flexibility index (Phi) is 6.06. The van der Waals surface area contributed by atoms with Crippen LogP contribution in [-0.2, 0) is 9.59 Å². The first kappa shape index (κ1) is 16.1. The van der Waals surface area contributed by atoms with E-state index in [1.54, 1.807) is 36.3 Å². The van der Waals surface area contributed by atoms with E-state index >= 15 is 0 Å². The first-order valence-electron chi connectivity index (χ1n) is 7.54. The lowest BCUT2D eigenvalue weighted by atomic mass is 10.1. The summed E-state index contributed by atoms with van der Waals surface area (Å²) in [5.74, 6) is 0.453. The number of ether oxygens (including phenoxy) is 2. The highest BCUT2D eigenvalue weighted by Gasteiger charge is 2.22. The van der Waals surface area contributed by atoms with Crippen LogP contribution in [0.2, 0.25) is 0 Å². The summed E-state index contributed by atoms with van der Waals surface area (Å²) in [6, 6.07) is 7.18. The number of carbonyl (C=O) groups is 2. The van der Waals surface area contributed by atoms with Crippen molar-refractivity contribution in [3.8, 4) is 11.5 Å². The Morgan fingerprint density at radius 1 is 1.09 bits per heavy atom. The van der Waals surface area contributed by atoms with Crippen LogP contribution in [0.3, 0.4) is 0 Å². The zero-order valence-corrected chi connectivity index (χ0v) is 12.8. The van der Waals surface area contributed by atoms with Crippen LogP contribution in [0.5, 0.6) is 11.5 Å². The predicted molar refractivity (Wildman–Crippen MR) is 81.9 cm³/mol. The Hall–Kier alpha value is -2.24. The fraction of sp³-hybridized carbons (Fsp3) is 0.500. The first-order chi connectivity index (χ1) is 10.7. The second-order valence-electron chi connectivity index (χ2n) is 5.13. The van der Waals surface area contributed by atoms with Crippen molar-refractivity contribution in [2.45, 2.75) is 19.3 Å². The molecule has 1 fully saturated rings. The minimum absolute atomic E-state index is 0.296. The van der Waals surface area contributed by atoms with Crippen molar-refractivity contribution < 1.29 is 19.1 Å². The number of hydrogen-bond donors (Lipinski definition) is 1. The summed E-state index contributed by atoms with van der Waals surface area (Å²) in [4.78, 5) is 25.3. The summed E-state index contributed by atoms with van der Waals surface area (Å²) in [6.07, 6.45) is 3.07. The summed E-state index contributed by atoms with van der Waals surface area (Å²) in [5, 5.41) is 2.59. The maximum Gasteiger partial charge on any atom is 0.311 e. The summed E-state index contributed by atoms with van der Waals surface area (Å²) in [7, 11) is 1.60. The van der Waals surface area contributed by atoms with E-state index in [4.69, 9.17) is 9.47 Å². The zero-order chi connectivity index (χ0) is 15.8. The SMILES string of the molecule is COc1ccc(OCCNC(=O)C(=O)N2CCCCC2)cc1. The van der Waals surface area contributed by atoms with Gasteiger partial charge in [0.25, 0.3) is 0 Å². The molecule has 1 aromatic carbocycles. The monoisotopic (exact) mass is 306 g/mol. The minimum Gasteiger partial charge on any atom is -0.497 e. The number of carbonyl (C=O) groups excluding carboxylic acids is 2. The Morgan fingerprint density at radius 3 is 2.36 bits per heavy atom. The molecule has 0 radical (unpaired) electrons. The largest absolute Gasteiger partial charge is 0.497 e. The highest BCUT2D eigenvalue weighted by atomic mass is 16.5. The summed E-state index contributed by atoms with van der Waals surface area (Å²) < 4.78 is 10.5. The Labute approximate surface area is 130 Å². The third-order valence-corrected chi connectivity index (χ3v) is 3.55. The average molecular weight is 306 g/mol. The van der Waals surface area contributed by atoms with Crippen LogP contribution in [0.15, 0.2) is 24.3 Å². The van der Waals surface area contributed by atoms with Crippen LogP contribution in [-0.4, -0.2) is 50.1 Å². The van der Waals surface area contributed by atoms with Crippen molar-refractivity contribution in [1.82, 2.24) is 10.2 Å². The van der Waals surface area contributed by atoms with Gasteiger partial charge in [-0.05, 0) is 43.5 Å². The van der Waals surface area contributed by atoms with E-state index in [1.807, 2.05) is 0 Å². The third-order valence-electron chi connectivity index (χ3n) is 3.55. The summed E-state index contributed by atoms with van der Waals surface area (Å²) in [6.45, 7) is 1.96. The van der Waals surface area contributed by atoms with Crippen molar-refractivity contribution in [3.05, 3.63) is 24.3 Å². The first-order valence-corrected chi connectivity index (χ1v) is 7.54. The van der Waals surface area contributed by atoms with E-state index in [1.165, 1.54) is 0 Å². The van der Waals surface area contributed by atoms with Crippen LogP contribution >= 0.6 is 0 Å². The van der Waals surface area contributed by atoms with E-state index in [0.29, 0.717) is 32.0 Å². The van der Waals surface area contributed by atoms with Gasteiger partial charge in [-0.15, -0.1) is 0 Å². The van der Waals surface area contributed by atoms with Crippen LogP contribution in [0.1, 0.15) is 19.3 Å². The standard InChI is InChI=1S/C16H22N2O4/c1-21-13-5-7-14(8-6-13)22-12-9-17-15(19)16(20)18-10-3-2-4-11-18/h5-8H,2-4,9-12H2,1H3,(H,17,19). The van der Waals surface area contributed by atoms with Crippen LogP contribution < -0.4 is 14.8 Å². The molecule has 1 N–H and O–H groups in total. The van der Waals surface area contributed by atoms with Gasteiger partial charge in [0.05, 0.1) is 13.7 Å². The molecule has 2 rings (SSSR count). The zero-order valence-electron chi connectivity index (χ0n) is 12.8. The molecule has 0 aromatic heterocycles. The van der Waals surface area contributed by atoms with Gasteiger partial charge in [-0.25, -0.2) is 0 Å². The number of likely N-dealkylation sites (tertiary alicyclic amines) is 1. The number of piperidine rings is 1. The van der Waals surface area contributed by atoms with Crippen molar-refractivity contribution in [2.24, 2.45) is 0 Å². The topological polar surface area (TPSA) is 67.9 Å². The lowest BCUT2D eigenvalue weighted by molar-refractivity contribution is -0.146. The molecule has 120 valence electrons. The number of amides is 2.